The number of hydrogen-bond acceptors (Lipinski definition) is 1. The Balaban J connectivity index is 3.12. The molecule has 0 aliphatic carbocycles. The van der Waals surface area contributed by atoms with E-state index in [1.807, 2.05) is 0 Å². The van der Waals surface area contributed by atoms with Gasteiger partial charge < -0.3 is 4.90 Å². The van der Waals surface area contributed by atoms with Crippen LogP contribution >= 0.6 is 15.9 Å². The number of amides is 1. The zero-order valence-electron chi connectivity index (χ0n) is 8.35. The summed E-state index contributed by atoms with van der Waals surface area (Å²) < 4.78 is 25.9. The Morgan fingerprint density at radius 3 is 2.53 bits per heavy atom. The third kappa shape index (κ3) is 2.53. The maximum absolute atomic E-state index is 13.0. The summed E-state index contributed by atoms with van der Waals surface area (Å²) in [5.41, 5.74) is 0.130. The lowest BCUT2D eigenvalue weighted by molar-refractivity contribution is 0.0801. The first-order valence-corrected chi connectivity index (χ1v) is 5.16. The zero-order chi connectivity index (χ0) is 11.6. The predicted molar refractivity (Wildman–Crippen MR) is 56.7 cm³/mol. The molecule has 0 spiro atoms. The zero-order valence-corrected chi connectivity index (χ0v) is 9.94. The van der Waals surface area contributed by atoms with E-state index in [9.17, 15) is 13.6 Å². The number of nitrogens with zero attached hydrogens (tertiary/aromatic N) is 1. The second-order valence-corrected chi connectivity index (χ2v) is 3.93. The van der Waals surface area contributed by atoms with Crippen molar-refractivity contribution < 1.29 is 13.6 Å². The summed E-state index contributed by atoms with van der Waals surface area (Å²) in [5.74, 6) is -2.35. The summed E-state index contributed by atoms with van der Waals surface area (Å²) in [4.78, 5) is 13.0. The molecule has 1 aromatic rings. The maximum Gasteiger partial charge on any atom is 0.253 e. The minimum Gasteiger partial charge on any atom is -0.342 e. The van der Waals surface area contributed by atoms with E-state index in [1.165, 1.54) is 11.0 Å². The summed E-state index contributed by atoms with van der Waals surface area (Å²) in [5, 5.41) is 0. The number of rotatable bonds is 2. The quantitative estimate of drug-likeness (QED) is 0.762. The van der Waals surface area contributed by atoms with Gasteiger partial charge in [-0.3, -0.25) is 4.79 Å². The summed E-state index contributed by atoms with van der Waals surface area (Å²) in [7, 11) is 1.59. The molecule has 5 heteroatoms. The lowest BCUT2D eigenvalue weighted by Gasteiger charge is -2.14. The van der Waals surface area contributed by atoms with Crippen LogP contribution < -0.4 is 0 Å². The molecule has 0 heterocycles. The fourth-order valence-electron chi connectivity index (χ4n) is 1.04. The molecule has 0 fully saturated rings. The molecule has 1 amide bonds. The van der Waals surface area contributed by atoms with E-state index in [4.69, 9.17) is 0 Å². The summed E-state index contributed by atoms with van der Waals surface area (Å²) in [6.45, 7) is 2.31. The van der Waals surface area contributed by atoms with Gasteiger partial charge in [-0.05, 0) is 35.0 Å². The van der Waals surface area contributed by atoms with E-state index in [2.05, 4.69) is 15.9 Å². The Hall–Kier alpha value is -0.970. The van der Waals surface area contributed by atoms with Crippen molar-refractivity contribution in [2.24, 2.45) is 0 Å². The Morgan fingerprint density at radius 1 is 1.47 bits per heavy atom. The average molecular weight is 278 g/mol. The normalized spacial score (nSPS) is 10.2. The Kier molecular flexibility index (Phi) is 3.79. The fourth-order valence-corrected chi connectivity index (χ4v) is 1.48. The van der Waals surface area contributed by atoms with Gasteiger partial charge in [0.15, 0.2) is 11.6 Å². The van der Waals surface area contributed by atoms with Crippen molar-refractivity contribution in [3.63, 3.8) is 0 Å². The minimum atomic E-state index is -1.03. The Bertz CT molecular complexity index is 372. The molecular formula is C10H10BrF2NO. The molecule has 0 aromatic heterocycles. The van der Waals surface area contributed by atoms with Crippen LogP contribution in [0.15, 0.2) is 16.6 Å². The van der Waals surface area contributed by atoms with Crippen LogP contribution in [-0.4, -0.2) is 24.4 Å². The molecule has 1 rings (SSSR count). The summed E-state index contributed by atoms with van der Waals surface area (Å²) in [6.07, 6.45) is 0. The first kappa shape index (κ1) is 12.1. The van der Waals surface area contributed by atoms with Crippen LogP contribution in [-0.2, 0) is 0 Å². The van der Waals surface area contributed by atoms with Crippen molar-refractivity contribution in [1.82, 2.24) is 4.90 Å². The fraction of sp³-hybridized carbons (Fsp3) is 0.300. The number of hydrogen-bond donors (Lipinski definition) is 0. The minimum absolute atomic E-state index is 0.0460. The molecular weight excluding hydrogens is 268 g/mol. The molecule has 0 unspecified atom stereocenters. The first-order chi connectivity index (χ1) is 6.97. The van der Waals surface area contributed by atoms with Crippen LogP contribution in [0.2, 0.25) is 0 Å². The van der Waals surface area contributed by atoms with Gasteiger partial charge in [-0.1, -0.05) is 0 Å². The molecule has 0 N–H and O–H groups in total. The van der Waals surface area contributed by atoms with Gasteiger partial charge in [0, 0.05) is 19.2 Å². The van der Waals surface area contributed by atoms with Crippen LogP contribution in [0.5, 0.6) is 0 Å². The molecule has 0 saturated heterocycles. The van der Waals surface area contributed by atoms with Gasteiger partial charge in [0.2, 0.25) is 0 Å². The van der Waals surface area contributed by atoms with E-state index in [-0.39, 0.29) is 15.9 Å². The molecule has 0 aliphatic heterocycles. The van der Waals surface area contributed by atoms with Crippen LogP contribution in [0.4, 0.5) is 8.78 Å². The topological polar surface area (TPSA) is 20.3 Å². The molecule has 0 saturated carbocycles. The van der Waals surface area contributed by atoms with Gasteiger partial charge in [-0.15, -0.1) is 0 Å². The maximum atomic E-state index is 13.0. The number of carbonyl (C=O) groups excluding carboxylic acids is 1. The van der Waals surface area contributed by atoms with Crippen molar-refractivity contribution >= 4 is 21.8 Å². The van der Waals surface area contributed by atoms with Gasteiger partial charge in [0.1, 0.15) is 0 Å². The molecule has 1 aromatic carbocycles. The van der Waals surface area contributed by atoms with Gasteiger partial charge >= 0.3 is 0 Å². The molecule has 0 bridgehead atoms. The smallest absolute Gasteiger partial charge is 0.253 e. The van der Waals surface area contributed by atoms with E-state index in [1.54, 1.807) is 14.0 Å². The highest BCUT2D eigenvalue weighted by atomic mass is 79.9. The predicted octanol–water partition coefficient (Wildman–Crippen LogP) is 2.82. The van der Waals surface area contributed by atoms with Crippen LogP contribution in [0, 0.1) is 11.6 Å². The molecule has 0 radical (unpaired) electrons. The first-order valence-electron chi connectivity index (χ1n) is 4.37. The van der Waals surface area contributed by atoms with Crippen molar-refractivity contribution in [2.45, 2.75) is 6.92 Å². The Labute approximate surface area is 95.0 Å². The van der Waals surface area contributed by atoms with E-state index in [0.717, 1.165) is 6.07 Å². The molecule has 2 nitrogen and oxygen atoms in total. The summed E-state index contributed by atoms with van der Waals surface area (Å²) >= 11 is 2.85. The lowest BCUT2D eigenvalue weighted by Crippen LogP contribution is -2.26. The van der Waals surface area contributed by atoms with Gasteiger partial charge in [0.05, 0.1) is 4.47 Å². The molecule has 0 aliphatic rings. The van der Waals surface area contributed by atoms with E-state index < -0.39 is 11.6 Å². The van der Waals surface area contributed by atoms with Crippen LogP contribution in [0.25, 0.3) is 0 Å². The average Bonchev–Trinajstić information content (AvgIpc) is 2.23. The monoisotopic (exact) mass is 277 g/mol. The van der Waals surface area contributed by atoms with Gasteiger partial charge in [0.25, 0.3) is 5.91 Å². The molecule has 15 heavy (non-hydrogen) atoms. The van der Waals surface area contributed by atoms with Crippen LogP contribution in [0.3, 0.4) is 0 Å². The number of carbonyl (C=O) groups is 1. The standard InChI is InChI=1S/C10H10BrF2NO/c1-3-14(2)10(15)6-4-7(11)9(13)8(12)5-6/h4-5H,3H2,1-2H3. The van der Waals surface area contributed by atoms with Gasteiger partial charge in [-0.2, -0.15) is 0 Å². The van der Waals surface area contributed by atoms with E-state index >= 15 is 0 Å². The second kappa shape index (κ2) is 4.70. The second-order valence-electron chi connectivity index (χ2n) is 3.07. The van der Waals surface area contributed by atoms with Crippen molar-refractivity contribution in [2.75, 3.05) is 13.6 Å². The van der Waals surface area contributed by atoms with Gasteiger partial charge in [-0.25, -0.2) is 8.78 Å². The highest BCUT2D eigenvalue weighted by Crippen LogP contribution is 2.21. The third-order valence-corrected chi connectivity index (χ3v) is 2.63. The lowest BCUT2D eigenvalue weighted by atomic mass is 10.2. The third-order valence-electron chi connectivity index (χ3n) is 2.05. The van der Waals surface area contributed by atoms with Crippen molar-refractivity contribution in [1.29, 1.82) is 0 Å². The van der Waals surface area contributed by atoms with E-state index in [0.29, 0.717) is 6.54 Å². The SMILES string of the molecule is CCN(C)C(=O)c1cc(F)c(F)c(Br)c1. The highest BCUT2D eigenvalue weighted by Gasteiger charge is 2.15. The molecule has 0 atom stereocenters. The highest BCUT2D eigenvalue weighted by molar-refractivity contribution is 9.10. The summed E-state index contributed by atoms with van der Waals surface area (Å²) in [6, 6.07) is 2.17. The largest absolute Gasteiger partial charge is 0.342 e. The molecule has 82 valence electrons. The number of benzene rings is 1. The van der Waals surface area contributed by atoms with Crippen LogP contribution in [0.1, 0.15) is 17.3 Å². The van der Waals surface area contributed by atoms with Crippen molar-refractivity contribution in [3.05, 3.63) is 33.8 Å². The number of halogens is 3. The Morgan fingerprint density at radius 2 is 2.07 bits per heavy atom. The van der Waals surface area contributed by atoms with Crippen molar-refractivity contribution in [3.8, 4) is 0 Å².